The third-order valence-electron chi connectivity index (χ3n) is 3.72. The summed E-state index contributed by atoms with van der Waals surface area (Å²) in [5, 5.41) is 7.59. The Morgan fingerprint density at radius 3 is 2.83 bits per heavy atom. The third kappa shape index (κ3) is 3.78. The number of nitrogens with one attached hydrogen (secondary N) is 2. The second-order valence-corrected chi connectivity index (χ2v) is 6.40. The first-order valence-electron chi connectivity index (χ1n) is 7.51. The van der Waals surface area contributed by atoms with Gasteiger partial charge in [-0.3, -0.25) is 9.59 Å². The molecule has 1 aromatic carbocycles. The number of hydrogen-bond donors (Lipinski definition) is 2. The number of amides is 2. The van der Waals surface area contributed by atoms with Gasteiger partial charge in [0.15, 0.2) is 0 Å². The second-order valence-electron chi connectivity index (χ2n) is 5.45. The lowest BCUT2D eigenvalue weighted by atomic mass is 10.1. The maximum Gasteiger partial charge on any atom is 0.265 e. The summed E-state index contributed by atoms with van der Waals surface area (Å²) >= 11 is 1.39. The lowest BCUT2D eigenvalue weighted by molar-refractivity contribution is -0.124. The molecular weight excluding hydrogens is 312 g/mol. The molecule has 2 N–H and O–H groups in total. The van der Waals surface area contributed by atoms with Crippen LogP contribution < -0.4 is 10.6 Å². The Balaban J connectivity index is 1.71. The molecule has 2 amide bonds. The predicted octanol–water partition coefficient (Wildman–Crippen LogP) is 3.43. The predicted molar refractivity (Wildman–Crippen MR) is 91.1 cm³/mol. The molecule has 0 saturated carbocycles. The van der Waals surface area contributed by atoms with Crippen LogP contribution >= 0.6 is 11.3 Å². The lowest BCUT2D eigenvalue weighted by Crippen LogP contribution is -2.27. The summed E-state index contributed by atoms with van der Waals surface area (Å²) in [6, 6.07) is 9.07. The standard InChI is InChI=1S/C17H18N2O3S/c1-11-6-7-12(18-17(21)15-5-3-9-23-15)10-13(11)19-16(20)14-4-2-8-22-14/h3,5-7,9-10,14H,2,4,8H2,1H3,(H,18,21)(H,19,20). The molecule has 1 aliphatic heterocycles. The second kappa shape index (κ2) is 6.93. The molecule has 1 saturated heterocycles. The summed E-state index contributed by atoms with van der Waals surface area (Å²) in [5.41, 5.74) is 2.27. The lowest BCUT2D eigenvalue weighted by Gasteiger charge is -2.14. The molecule has 0 radical (unpaired) electrons. The molecule has 1 aliphatic rings. The zero-order valence-corrected chi connectivity index (χ0v) is 13.6. The molecule has 120 valence electrons. The molecule has 0 aliphatic carbocycles. The van der Waals surface area contributed by atoms with E-state index in [4.69, 9.17) is 4.74 Å². The van der Waals surface area contributed by atoms with Crippen LogP contribution in [0.15, 0.2) is 35.7 Å². The number of rotatable bonds is 4. The van der Waals surface area contributed by atoms with Gasteiger partial charge in [0.05, 0.1) is 4.88 Å². The quantitative estimate of drug-likeness (QED) is 0.902. The molecule has 5 nitrogen and oxygen atoms in total. The Bertz CT molecular complexity index is 707. The maximum atomic E-state index is 12.2. The molecule has 2 aromatic rings. The highest BCUT2D eigenvalue weighted by atomic mass is 32.1. The van der Waals surface area contributed by atoms with Crippen molar-refractivity contribution in [2.24, 2.45) is 0 Å². The summed E-state index contributed by atoms with van der Waals surface area (Å²) in [7, 11) is 0. The highest BCUT2D eigenvalue weighted by molar-refractivity contribution is 7.12. The van der Waals surface area contributed by atoms with Gasteiger partial charge in [0.1, 0.15) is 6.10 Å². The molecule has 23 heavy (non-hydrogen) atoms. The Kier molecular flexibility index (Phi) is 4.73. The third-order valence-corrected chi connectivity index (χ3v) is 4.59. The van der Waals surface area contributed by atoms with Gasteiger partial charge in [0.2, 0.25) is 0 Å². The van der Waals surface area contributed by atoms with Crippen molar-refractivity contribution in [3.63, 3.8) is 0 Å². The van der Waals surface area contributed by atoms with E-state index in [9.17, 15) is 9.59 Å². The number of anilines is 2. The molecular formula is C17H18N2O3S. The van der Waals surface area contributed by atoms with Crippen molar-refractivity contribution in [3.8, 4) is 0 Å². The minimum absolute atomic E-state index is 0.132. The van der Waals surface area contributed by atoms with E-state index >= 15 is 0 Å². The number of ether oxygens (including phenoxy) is 1. The summed E-state index contributed by atoms with van der Waals surface area (Å²) in [6.45, 7) is 2.55. The fourth-order valence-corrected chi connectivity index (χ4v) is 3.05. The minimum Gasteiger partial charge on any atom is -0.368 e. The first-order valence-corrected chi connectivity index (χ1v) is 8.39. The fourth-order valence-electron chi connectivity index (χ4n) is 2.43. The van der Waals surface area contributed by atoms with Crippen molar-refractivity contribution >= 4 is 34.5 Å². The molecule has 1 fully saturated rings. The van der Waals surface area contributed by atoms with Gasteiger partial charge in [0, 0.05) is 18.0 Å². The van der Waals surface area contributed by atoms with Crippen molar-refractivity contribution in [1.82, 2.24) is 0 Å². The monoisotopic (exact) mass is 330 g/mol. The van der Waals surface area contributed by atoms with Crippen molar-refractivity contribution in [1.29, 1.82) is 0 Å². The van der Waals surface area contributed by atoms with Gasteiger partial charge in [-0.2, -0.15) is 0 Å². The average Bonchev–Trinajstić information content (AvgIpc) is 3.23. The van der Waals surface area contributed by atoms with E-state index in [2.05, 4.69) is 10.6 Å². The van der Waals surface area contributed by atoms with Gasteiger partial charge in [0.25, 0.3) is 11.8 Å². The number of hydrogen-bond acceptors (Lipinski definition) is 4. The number of benzene rings is 1. The van der Waals surface area contributed by atoms with Crippen molar-refractivity contribution < 1.29 is 14.3 Å². The topological polar surface area (TPSA) is 67.4 Å². The molecule has 0 bridgehead atoms. The first-order chi connectivity index (χ1) is 11.1. The van der Waals surface area contributed by atoms with Crippen molar-refractivity contribution in [2.45, 2.75) is 25.9 Å². The Labute approximate surface area is 138 Å². The SMILES string of the molecule is Cc1ccc(NC(=O)c2cccs2)cc1NC(=O)C1CCCO1. The van der Waals surface area contributed by atoms with E-state index in [1.165, 1.54) is 11.3 Å². The smallest absolute Gasteiger partial charge is 0.265 e. The zero-order chi connectivity index (χ0) is 16.2. The van der Waals surface area contributed by atoms with E-state index in [0.717, 1.165) is 18.4 Å². The number of carbonyl (C=O) groups excluding carboxylic acids is 2. The molecule has 1 atom stereocenters. The van der Waals surface area contributed by atoms with Crippen molar-refractivity contribution in [3.05, 3.63) is 46.2 Å². The van der Waals surface area contributed by atoms with Crippen LogP contribution in [-0.4, -0.2) is 24.5 Å². The van der Waals surface area contributed by atoms with E-state index in [1.807, 2.05) is 30.5 Å². The van der Waals surface area contributed by atoms with Gasteiger partial charge in [-0.05, 0) is 48.9 Å². The molecule has 3 rings (SSSR count). The van der Waals surface area contributed by atoms with Crippen LogP contribution in [0.3, 0.4) is 0 Å². The molecule has 1 unspecified atom stereocenters. The van der Waals surface area contributed by atoms with E-state index in [0.29, 0.717) is 22.9 Å². The zero-order valence-electron chi connectivity index (χ0n) is 12.8. The van der Waals surface area contributed by atoms with E-state index in [1.54, 1.807) is 12.1 Å². The number of aryl methyl sites for hydroxylation is 1. The van der Waals surface area contributed by atoms with Gasteiger partial charge >= 0.3 is 0 Å². The maximum absolute atomic E-state index is 12.2. The van der Waals surface area contributed by atoms with Crippen molar-refractivity contribution in [2.75, 3.05) is 17.2 Å². The van der Waals surface area contributed by atoms with Gasteiger partial charge < -0.3 is 15.4 Å². The number of thiophene rings is 1. The Morgan fingerprint density at radius 1 is 1.26 bits per heavy atom. The average molecular weight is 330 g/mol. The van der Waals surface area contributed by atoms with Crippen LogP contribution in [0.5, 0.6) is 0 Å². The summed E-state index contributed by atoms with van der Waals surface area (Å²) in [4.78, 5) is 24.9. The van der Waals surface area contributed by atoms with Crippen LogP contribution in [0.2, 0.25) is 0 Å². The van der Waals surface area contributed by atoms with Crippen LogP contribution in [-0.2, 0) is 9.53 Å². The molecule has 1 aromatic heterocycles. The fraction of sp³-hybridized carbons (Fsp3) is 0.294. The van der Waals surface area contributed by atoms with Gasteiger partial charge in [-0.15, -0.1) is 11.3 Å². The molecule has 2 heterocycles. The van der Waals surface area contributed by atoms with E-state index < -0.39 is 0 Å². The van der Waals surface area contributed by atoms with E-state index in [-0.39, 0.29) is 17.9 Å². The summed E-state index contributed by atoms with van der Waals surface area (Å²) in [6.07, 6.45) is 1.28. The molecule has 0 spiro atoms. The Hall–Kier alpha value is -2.18. The summed E-state index contributed by atoms with van der Waals surface area (Å²) in [5.74, 6) is -0.285. The minimum atomic E-state index is -0.376. The molecule has 6 heteroatoms. The number of carbonyl (C=O) groups is 2. The van der Waals surface area contributed by atoms with Crippen LogP contribution in [0.4, 0.5) is 11.4 Å². The van der Waals surface area contributed by atoms with Gasteiger partial charge in [-0.1, -0.05) is 12.1 Å². The largest absolute Gasteiger partial charge is 0.368 e. The highest BCUT2D eigenvalue weighted by Crippen LogP contribution is 2.23. The summed E-state index contributed by atoms with van der Waals surface area (Å²) < 4.78 is 5.39. The van der Waals surface area contributed by atoms with Crippen LogP contribution in [0.25, 0.3) is 0 Å². The van der Waals surface area contributed by atoms with Gasteiger partial charge in [-0.25, -0.2) is 0 Å². The highest BCUT2D eigenvalue weighted by Gasteiger charge is 2.24. The van der Waals surface area contributed by atoms with Crippen LogP contribution in [0.1, 0.15) is 28.1 Å². The van der Waals surface area contributed by atoms with Crippen LogP contribution in [0, 0.1) is 6.92 Å². The Morgan fingerprint density at radius 2 is 2.13 bits per heavy atom. The first kappa shape index (κ1) is 15.7. The normalized spacial score (nSPS) is 17.0.